The van der Waals surface area contributed by atoms with E-state index in [0.717, 1.165) is 28.3 Å². The van der Waals surface area contributed by atoms with Crippen molar-refractivity contribution in [2.45, 2.75) is 30.4 Å². The van der Waals surface area contributed by atoms with Crippen LogP contribution in [-0.2, 0) is 16.0 Å². The molecule has 0 unspecified atom stereocenters. The van der Waals surface area contributed by atoms with Gasteiger partial charge in [-0.1, -0.05) is 18.2 Å². The number of hydrogen-bond acceptors (Lipinski definition) is 3. The van der Waals surface area contributed by atoms with Gasteiger partial charge in [-0.2, -0.15) is 0 Å². The maximum atomic E-state index is 12.4. The molecule has 2 aromatic rings. The van der Waals surface area contributed by atoms with Gasteiger partial charge in [0, 0.05) is 29.7 Å². The fourth-order valence-electron chi connectivity index (χ4n) is 2.81. The number of anilines is 2. The molecular formula is C19H20N2O2S. The smallest absolute Gasteiger partial charge is 0.237 e. The molecule has 0 spiro atoms. The summed E-state index contributed by atoms with van der Waals surface area (Å²) in [5.74, 6) is 0.0312. The third-order valence-electron chi connectivity index (χ3n) is 4.05. The number of benzene rings is 2. The first-order valence-corrected chi connectivity index (χ1v) is 8.86. The molecule has 0 radical (unpaired) electrons. The Balaban J connectivity index is 1.66. The minimum Gasteiger partial charge on any atom is -0.325 e. The number of carbonyl (C=O) groups excluding carboxylic acids is 2. The van der Waals surface area contributed by atoms with E-state index in [9.17, 15) is 9.59 Å². The van der Waals surface area contributed by atoms with Crippen LogP contribution >= 0.6 is 11.8 Å². The number of carbonyl (C=O) groups is 2. The minimum absolute atomic E-state index is 0.0229. The van der Waals surface area contributed by atoms with E-state index in [4.69, 9.17) is 0 Å². The Hall–Kier alpha value is -2.27. The van der Waals surface area contributed by atoms with Crippen molar-refractivity contribution in [3.8, 4) is 0 Å². The molecule has 3 rings (SSSR count). The Morgan fingerprint density at radius 2 is 1.92 bits per heavy atom. The molecule has 1 atom stereocenters. The van der Waals surface area contributed by atoms with Crippen molar-refractivity contribution in [3.63, 3.8) is 0 Å². The van der Waals surface area contributed by atoms with Crippen molar-refractivity contribution in [2.75, 3.05) is 16.8 Å². The first-order valence-electron chi connectivity index (χ1n) is 7.98. The second kappa shape index (κ2) is 7.09. The van der Waals surface area contributed by atoms with Crippen molar-refractivity contribution in [1.82, 2.24) is 0 Å². The molecule has 5 heteroatoms. The quantitative estimate of drug-likeness (QED) is 0.863. The van der Waals surface area contributed by atoms with E-state index >= 15 is 0 Å². The van der Waals surface area contributed by atoms with Crippen LogP contribution in [0.5, 0.6) is 0 Å². The fourth-order valence-corrected chi connectivity index (χ4v) is 3.70. The topological polar surface area (TPSA) is 49.4 Å². The first-order chi connectivity index (χ1) is 11.5. The molecule has 0 saturated carbocycles. The SMILES string of the molecule is CC(=O)N1CCc2cc(NC(=O)[C@H](C)Sc3ccccc3)ccc21. The predicted octanol–water partition coefficient (Wildman–Crippen LogP) is 3.71. The molecule has 0 aromatic heterocycles. The summed E-state index contributed by atoms with van der Waals surface area (Å²) in [6.45, 7) is 4.19. The first kappa shape index (κ1) is 16.6. The predicted molar refractivity (Wildman–Crippen MR) is 98.6 cm³/mol. The van der Waals surface area contributed by atoms with E-state index in [0.29, 0.717) is 6.54 Å². The van der Waals surface area contributed by atoms with Crippen molar-refractivity contribution in [3.05, 3.63) is 54.1 Å². The zero-order valence-electron chi connectivity index (χ0n) is 13.8. The van der Waals surface area contributed by atoms with E-state index < -0.39 is 0 Å². The maximum Gasteiger partial charge on any atom is 0.237 e. The Kier molecular flexibility index (Phi) is 4.90. The Morgan fingerprint density at radius 3 is 2.62 bits per heavy atom. The van der Waals surface area contributed by atoms with E-state index in [1.54, 1.807) is 11.8 Å². The molecule has 4 nitrogen and oxygen atoms in total. The van der Waals surface area contributed by atoms with Gasteiger partial charge in [-0.25, -0.2) is 0 Å². The van der Waals surface area contributed by atoms with Gasteiger partial charge in [-0.15, -0.1) is 11.8 Å². The van der Waals surface area contributed by atoms with Crippen molar-refractivity contribution in [1.29, 1.82) is 0 Å². The number of thioether (sulfide) groups is 1. The molecule has 0 fully saturated rings. The molecule has 0 aliphatic carbocycles. The van der Waals surface area contributed by atoms with Gasteiger partial charge in [0.05, 0.1) is 5.25 Å². The van der Waals surface area contributed by atoms with E-state index in [2.05, 4.69) is 5.32 Å². The van der Waals surface area contributed by atoms with Crippen molar-refractivity contribution >= 4 is 35.0 Å². The van der Waals surface area contributed by atoms with Crippen LogP contribution in [0.4, 0.5) is 11.4 Å². The van der Waals surface area contributed by atoms with Crippen LogP contribution < -0.4 is 10.2 Å². The molecule has 1 aliphatic heterocycles. The third-order valence-corrected chi connectivity index (χ3v) is 5.16. The lowest BCUT2D eigenvalue weighted by Crippen LogP contribution is -2.25. The van der Waals surface area contributed by atoms with Gasteiger partial charge >= 0.3 is 0 Å². The summed E-state index contributed by atoms with van der Waals surface area (Å²) in [6, 6.07) is 15.6. The number of amides is 2. The highest BCUT2D eigenvalue weighted by Gasteiger charge is 2.23. The van der Waals surface area contributed by atoms with Gasteiger partial charge in [0.15, 0.2) is 0 Å². The molecule has 1 heterocycles. The zero-order valence-corrected chi connectivity index (χ0v) is 14.6. The summed E-state index contributed by atoms with van der Waals surface area (Å²) in [5, 5.41) is 2.79. The normalized spacial score (nSPS) is 14.2. The average Bonchev–Trinajstić information content (AvgIpc) is 2.99. The number of hydrogen-bond donors (Lipinski definition) is 1. The lowest BCUT2D eigenvalue weighted by molar-refractivity contribution is -0.116. The standard InChI is InChI=1S/C19H20N2O2S/c1-13(24-17-6-4-3-5-7-17)19(23)20-16-8-9-18-15(12-16)10-11-21(18)14(2)22/h3-9,12-13H,10-11H2,1-2H3,(H,20,23)/t13-/m0/s1. The maximum absolute atomic E-state index is 12.4. The van der Waals surface area contributed by atoms with E-state index in [1.165, 1.54) is 11.8 Å². The lowest BCUT2D eigenvalue weighted by atomic mass is 10.1. The van der Waals surface area contributed by atoms with Crippen LogP contribution in [0.2, 0.25) is 0 Å². The molecule has 2 aromatic carbocycles. The van der Waals surface area contributed by atoms with E-state index in [-0.39, 0.29) is 17.1 Å². The highest BCUT2D eigenvalue weighted by atomic mass is 32.2. The van der Waals surface area contributed by atoms with Gasteiger partial charge in [0.25, 0.3) is 0 Å². The molecule has 1 N–H and O–H groups in total. The van der Waals surface area contributed by atoms with Crippen LogP contribution in [0.3, 0.4) is 0 Å². The molecular weight excluding hydrogens is 320 g/mol. The van der Waals surface area contributed by atoms with Crippen molar-refractivity contribution < 1.29 is 9.59 Å². The molecule has 0 bridgehead atoms. The highest BCUT2D eigenvalue weighted by Crippen LogP contribution is 2.31. The second-order valence-electron chi connectivity index (χ2n) is 5.83. The summed E-state index contributed by atoms with van der Waals surface area (Å²) in [6.07, 6.45) is 0.826. The van der Waals surface area contributed by atoms with Crippen molar-refractivity contribution in [2.24, 2.45) is 0 Å². The van der Waals surface area contributed by atoms with Gasteiger partial charge in [-0.05, 0) is 49.2 Å². The molecule has 124 valence electrons. The number of fused-ring (bicyclic) bond motifs is 1. The Morgan fingerprint density at radius 1 is 1.17 bits per heavy atom. The summed E-state index contributed by atoms with van der Waals surface area (Å²) in [7, 11) is 0. The average molecular weight is 340 g/mol. The number of nitrogens with zero attached hydrogens (tertiary/aromatic N) is 1. The molecule has 2 amide bonds. The van der Waals surface area contributed by atoms with Crippen LogP contribution in [0.25, 0.3) is 0 Å². The zero-order chi connectivity index (χ0) is 17.1. The second-order valence-corrected chi connectivity index (χ2v) is 7.24. The Bertz CT molecular complexity index is 761. The summed E-state index contributed by atoms with van der Waals surface area (Å²) < 4.78 is 0. The number of rotatable bonds is 4. The van der Waals surface area contributed by atoms with Gasteiger partial charge < -0.3 is 10.2 Å². The molecule has 0 saturated heterocycles. The monoisotopic (exact) mass is 340 g/mol. The molecule has 24 heavy (non-hydrogen) atoms. The van der Waals surface area contributed by atoms with Gasteiger partial charge in [0.2, 0.25) is 11.8 Å². The van der Waals surface area contributed by atoms with Crippen LogP contribution in [0, 0.1) is 0 Å². The van der Waals surface area contributed by atoms with Gasteiger partial charge in [0.1, 0.15) is 0 Å². The van der Waals surface area contributed by atoms with Crippen LogP contribution in [0.1, 0.15) is 19.4 Å². The summed E-state index contributed by atoms with van der Waals surface area (Å²) >= 11 is 1.54. The summed E-state index contributed by atoms with van der Waals surface area (Å²) in [4.78, 5) is 26.8. The fraction of sp³-hybridized carbons (Fsp3) is 0.263. The minimum atomic E-state index is -0.186. The lowest BCUT2D eigenvalue weighted by Gasteiger charge is -2.16. The van der Waals surface area contributed by atoms with E-state index in [1.807, 2.05) is 55.5 Å². The van der Waals surface area contributed by atoms with Crippen LogP contribution in [-0.4, -0.2) is 23.6 Å². The van der Waals surface area contributed by atoms with Gasteiger partial charge in [-0.3, -0.25) is 9.59 Å². The largest absolute Gasteiger partial charge is 0.325 e. The Labute approximate surface area is 146 Å². The number of nitrogens with one attached hydrogen (secondary N) is 1. The third kappa shape index (κ3) is 3.62. The molecule has 1 aliphatic rings. The summed E-state index contributed by atoms with van der Waals surface area (Å²) in [5.41, 5.74) is 2.84. The van der Waals surface area contributed by atoms with Crippen LogP contribution in [0.15, 0.2) is 53.4 Å². The highest BCUT2D eigenvalue weighted by molar-refractivity contribution is 8.00.